The van der Waals surface area contributed by atoms with E-state index in [-0.39, 0.29) is 24.7 Å². The smallest absolute Gasteiger partial charge is 0.387 e. The summed E-state index contributed by atoms with van der Waals surface area (Å²) in [5.74, 6) is 0.133. The number of halogens is 2. The molecule has 0 aromatic heterocycles. The Bertz CT molecular complexity index is 544. The fraction of sp³-hybridized carbons (Fsp3) is 0.200. The van der Waals surface area contributed by atoms with Gasteiger partial charge in [0.25, 0.3) is 0 Å². The van der Waals surface area contributed by atoms with Crippen molar-refractivity contribution < 1.29 is 23.4 Å². The Balaban J connectivity index is 2.15. The third-order valence-corrected chi connectivity index (χ3v) is 2.64. The van der Waals surface area contributed by atoms with E-state index in [2.05, 4.69) is 4.74 Å². The molecule has 0 unspecified atom stereocenters. The number of aliphatic hydroxyl groups is 1. The van der Waals surface area contributed by atoms with Crippen LogP contribution in [0.3, 0.4) is 0 Å². The molecule has 0 amide bonds. The first-order chi connectivity index (χ1) is 9.69. The lowest BCUT2D eigenvalue weighted by Crippen LogP contribution is -2.05. The molecule has 5 heteroatoms. The van der Waals surface area contributed by atoms with Crippen LogP contribution >= 0.6 is 0 Å². The average molecular weight is 280 g/mol. The van der Waals surface area contributed by atoms with Gasteiger partial charge in [-0.05, 0) is 23.3 Å². The highest BCUT2D eigenvalue weighted by molar-refractivity contribution is 5.43. The van der Waals surface area contributed by atoms with Crippen molar-refractivity contribution in [3.8, 4) is 11.5 Å². The van der Waals surface area contributed by atoms with Gasteiger partial charge in [-0.3, -0.25) is 0 Å². The minimum absolute atomic E-state index is 0.0480. The van der Waals surface area contributed by atoms with Crippen LogP contribution in [0.1, 0.15) is 11.1 Å². The number of hydrogen-bond donors (Lipinski definition) is 1. The van der Waals surface area contributed by atoms with Crippen molar-refractivity contribution in [3.63, 3.8) is 0 Å². The van der Waals surface area contributed by atoms with E-state index in [0.717, 1.165) is 5.56 Å². The number of aliphatic hydroxyl groups excluding tert-OH is 1. The summed E-state index contributed by atoms with van der Waals surface area (Å²) in [6.45, 7) is -2.89. The minimum Gasteiger partial charge on any atom is -0.485 e. The minimum atomic E-state index is -2.92. The van der Waals surface area contributed by atoms with Crippen molar-refractivity contribution >= 4 is 0 Å². The van der Waals surface area contributed by atoms with Gasteiger partial charge < -0.3 is 14.6 Å². The number of alkyl halides is 2. The van der Waals surface area contributed by atoms with E-state index in [4.69, 9.17) is 9.84 Å². The highest BCUT2D eigenvalue weighted by Gasteiger charge is 2.11. The van der Waals surface area contributed by atoms with Gasteiger partial charge in [0.05, 0.1) is 6.61 Å². The van der Waals surface area contributed by atoms with E-state index in [0.29, 0.717) is 5.56 Å². The van der Waals surface area contributed by atoms with Crippen molar-refractivity contribution in [1.29, 1.82) is 0 Å². The molecule has 0 aliphatic rings. The van der Waals surface area contributed by atoms with Gasteiger partial charge in [-0.1, -0.05) is 36.4 Å². The summed E-state index contributed by atoms with van der Waals surface area (Å²) in [7, 11) is 0. The SMILES string of the molecule is OCc1ccc(OC(F)F)c(OCc2ccccc2)c1. The molecule has 0 fully saturated rings. The Kier molecular flexibility index (Phi) is 4.90. The van der Waals surface area contributed by atoms with Crippen LogP contribution in [0.4, 0.5) is 8.78 Å². The van der Waals surface area contributed by atoms with Gasteiger partial charge in [-0.15, -0.1) is 0 Å². The molecule has 20 heavy (non-hydrogen) atoms. The highest BCUT2D eigenvalue weighted by atomic mass is 19.3. The molecule has 2 aromatic carbocycles. The molecule has 0 spiro atoms. The molecule has 0 heterocycles. The topological polar surface area (TPSA) is 38.7 Å². The van der Waals surface area contributed by atoms with Crippen LogP contribution in [0.2, 0.25) is 0 Å². The third-order valence-electron chi connectivity index (χ3n) is 2.64. The van der Waals surface area contributed by atoms with E-state index in [1.165, 1.54) is 18.2 Å². The first-order valence-corrected chi connectivity index (χ1v) is 6.04. The Hall–Kier alpha value is -2.14. The molecule has 3 nitrogen and oxygen atoms in total. The fourth-order valence-electron chi connectivity index (χ4n) is 1.69. The summed E-state index contributed by atoms with van der Waals surface area (Å²) in [6, 6.07) is 13.7. The summed E-state index contributed by atoms with van der Waals surface area (Å²) in [4.78, 5) is 0. The molecular weight excluding hydrogens is 266 g/mol. The van der Waals surface area contributed by atoms with E-state index in [1.807, 2.05) is 30.3 Å². The molecule has 1 N–H and O–H groups in total. The maximum atomic E-state index is 12.3. The maximum absolute atomic E-state index is 12.3. The number of hydrogen-bond acceptors (Lipinski definition) is 3. The van der Waals surface area contributed by atoms with E-state index in [1.54, 1.807) is 0 Å². The molecular formula is C15H14F2O3. The van der Waals surface area contributed by atoms with Gasteiger partial charge in [0.15, 0.2) is 11.5 Å². The van der Waals surface area contributed by atoms with Crippen LogP contribution in [-0.2, 0) is 13.2 Å². The second kappa shape index (κ2) is 6.86. The molecule has 0 aliphatic heterocycles. The summed E-state index contributed by atoms with van der Waals surface area (Å²) >= 11 is 0. The zero-order valence-electron chi connectivity index (χ0n) is 10.6. The predicted molar refractivity (Wildman–Crippen MR) is 69.8 cm³/mol. The first-order valence-electron chi connectivity index (χ1n) is 6.04. The largest absolute Gasteiger partial charge is 0.485 e. The van der Waals surface area contributed by atoms with Gasteiger partial charge in [0.2, 0.25) is 0 Å². The second-order valence-electron chi connectivity index (χ2n) is 4.09. The van der Waals surface area contributed by atoms with Crippen LogP contribution in [0.25, 0.3) is 0 Å². The molecule has 2 rings (SSSR count). The Morgan fingerprint density at radius 3 is 2.35 bits per heavy atom. The number of rotatable bonds is 6. The standard InChI is InChI=1S/C15H14F2O3/c16-15(17)20-13-7-6-12(9-18)8-14(13)19-10-11-4-2-1-3-5-11/h1-8,15,18H,9-10H2. The van der Waals surface area contributed by atoms with Gasteiger partial charge in [-0.25, -0.2) is 0 Å². The van der Waals surface area contributed by atoms with Crippen molar-refractivity contribution in [1.82, 2.24) is 0 Å². The lowest BCUT2D eigenvalue weighted by atomic mass is 10.2. The molecule has 0 saturated carbocycles. The van der Waals surface area contributed by atoms with Crippen molar-refractivity contribution in [2.75, 3.05) is 0 Å². The lowest BCUT2D eigenvalue weighted by Gasteiger charge is -2.13. The first kappa shape index (κ1) is 14.3. The summed E-state index contributed by atoms with van der Waals surface area (Å²) < 4.78 is 34.5. The maximum Gasteiger partial charge on any atom is 0.387 e. The van der Waals surface area contributed by atoms with E-state index in [9.17, 15) is 8.78 Å². The Morgan fingerprint density at radius 1 is 0.950 bits per heavy atom. The highest BCUT2D eigenvalue weighted by Crippen LogP contribution is 2.30. The average Bonchev–Trinajstić information content (AvgIpc) is 2.47. The lowest BCUT2D eigenvalue weighted by molar-refractivity contribution is -0.0516. The van der Waals surface area contributed by atoms with Gasteiger partial charge in [0.1, 0.15) is 6.61 Å². The zero-order valence-corrected chi connectivity index (χ0v) is 10.6. The molecule has 0 atom stereocenters. The molecule has 0 bridgehead atoms. The van der Waals surface area contributed by atoms with Crippen molar-refractivity contribution in [3.05, 3.63) is 59.7 Å². The second-order valence-corrected chi connectivity index (χ2v) is 4.09. The van der Waals surface area contributed by atoms with Crippen LogP contribution in [0.5, 0.6) is 11.5 Å². The zero-order chi connectivity index (χ0) is 14.4. The quantitative estimate of drug-likeness (QED) is 0.881. The number of ether oxygens (including phenoxy) is 2. The van der Waals surface area contributed by atoms with Crippen LogP contribution < -0.4 is 9.47 Å². The predicted octanol–water partition coefficient (Wildman–Crippen LogP) is 3.36. The molecule has 2 aromatic rings. The van der Waals surface area contributed by atoms with Crippen molar-refractivity contribution in [2.24, 2.45) is 0 Å². The summed E-state index contributed by atoms with van der Waals surface area (Å²) in [5, 5.41) is 9.08. The van der Waals surface area contributed by atoms with Crippen molar-refractivity contribution in [2.45, 2.75) is 19.8 Å². The van der Waals surface area contributed by atoms with E-state index < -0.39 is 6.61 Å². The molecule has 106 valence electrons. The Morgan fingerprint density at radius 2 is 1.70 bits per heavy atom. The van der Waals surface area contributed by atoms with E-state index >= 15 is 0 Å². The summed E-state index contributed by atoms with van der Waals surface area (Å²) in [5.41, 5.74) is 1.47. The number of benzene rings is 2. The fourth-order valence-corrected chi connectivity index (χ4v) is 1.69. The summed E-state index contributed by atoms with van der Waals surface area (Å²) in [6.07, 6.45) is 0. The van der Waals surface area contributed by atoms with Crippen LogP contribution in [0, 0.1) is 0 Å². The monoisotopic (exact) mass is 280 g/mol. The molecule has 0 radical (unpaired) electrons. The van der Waals surface area contributed by atoms with Gasteiger partial charge in [0, 0.05) is 0 Å². The Labute approximate surface area is 115 Å². The van der Waals surface area contributed by atoms with Gasteiger partial charge >= 0.3 is 6.61 Å². The normalized spacial score (nSPS) is 10.6. The van der Waals surface area contributed by atoms with Gasteiger partial charge in [-0.2, -0.15) is 8.78 Å². The van der Waals surface area contributed by atoms with Crippen LogP contribution in [0.15, 0.2) is 48.5 Å². The molecule has 0 aliphatic carbocycles. The third kappa shape index (κ3) is 3.93. The van der Waals surface area contributed by atoms with Crippen LogP contribution in [-0.4, -0.2) is 11.7 Å². The molecule has 0 saturated heterocycles.